The van der Waals surface area contributed by atoms with Gasteiger partial charge in [-0.2, -0.15) is 0 Å². The molecular weight excluding hydrogens is 330 g/mol. The highest BCUT2D eigenvalue weighted by Crippen LogP contribution is 2.32. The van der Waals surface area contributed by atoms with Gasteiger partial charge in [0.2, 0.25) is 5.82 Å². The SMILES string of the molecule is [2H]C([2H])([2H])OCc1ccc(NC(=O)c2nc(N)c3c(C(C)(C)C)c[nH]c3n2)cc1. The first-order valence-electron chi connectivity index (χ1n) is 9.63. The van der Waals surface area contributed by atoms with Crippen LogP contribution in [-0.2, 0) is 16.8 Å². The average Bonchev–Trinajstić information content (AvgIpc) is 3.05. The van der Waals surface area contributed by atoms with Crippen LogP contribution in [0.5, 0.6) is 0 Å². The van der Waals surface area contributed by atoms with Crippen molar-refractivity contribution in [3.05, 3.63) is 47.4 Å². The van der Waals surface area contributed by atoms with E-state index < -0.39 is 12.9 Å². The predicted octanol–water partition coefficient (Wildman–Crippen LogP) is 3.24. The summed E-state index contributed by atoms with van der Waals surface area (Å²) in [6.45, 7) is 6.12. The normalized spacial score (nSPS) is 13.9. The predicted molar refractivity (Wildman–Crippen MR) is 102 cm³/mol. The molecule has 0 unspecified atom stereocenters. The van der Waals surface area contributed by atoms with Crippen LogP contribution in [-0.4, -0.2) is 27.9 Å². The van der Waals surface area contributed by atoms with Gasteiger partial charge in [-0.25, -0.2) is 9.97 Å². The van der Waals surface area contributed by atoms with Gasteiger partial charge in [0.1, 0.15) is 11.5 Å². The smallest absolute Gasteiger partial charge is 0.293 e. The number of hydrogen-bond donors (Lipinski definition) is 3. The molecule has 0 aliphatic heterocycles. The number of carbonyl (C=O) groups excluding carboxylic acids is 1. The highest BCUT2D eigenvalue weighted by atomic mass is 16.5. The average molecular weight is 356 g/mol. The monoisotopic (exact) mass is 356 g/mol. The van der Waals surface area contributed by atoms with Crippen LogP contribution in [0.15, 0.2) is 30.5 Å². The summed E-state index contributed by atoms with van der Waals surface area (Å²) in [6, 6.07) is 6.62. The summed E-state index contributed by atoms with van der Waals surface area (Å²) in [4.78, 5) is 24.1. The fraction of sp³-hybridized carbons (Fsp3) is 0.316. The summed E-state index contributed by atoms with van der Waals surface area (Å²) in [5.74, 6) is -0.312. The van der Waals surface area contributed by atoms with Gasteiger partial charge in [-0.1, -0.05) is 32.9 Å². The van der Waals surface area contributed by atoms with Crippen LogP contribution < -0.4 is 11.1 Å². The quantitative estimate of drug-likeness (QED) is 0.665. The fourth-order valence-electron chi connectivity index (χ4n) is 2.71. The molecule has 0 saturated carbocycles. The van der Waals surface area contributed by atoms with E-state index in [1.807, 2.05) is 6.20 Å². The number of aromatic nitrogens is 3. The number of methoxy groups -OCH3 is 1. The lowest BCUT2D eigenvalue weighted by Gasteiger charge is -2.17. The van der Waals surface area contributed by atoms with Gasteiger partial charge in [0.25, 0.3) is 5.91 Å². The number of anilines is 2. The summed E-state index contributed by atoms with van der Waals surface area (Å²) in [5, 5.41) is 3.42. The molecule has 136 valence electrons. The Hall–Kier alpha value is -2.93. The standard InChI is InChI=1S/C19H23N5O2/c1-19(2,3)13-9-21-16-14(13)15(20)23-17(24-16)18(25)22-12-7-5-11(6-8-12)10-26-4/h5-9H,10H2,1-4H3,(H,22,25)(H3,20,21,23,24)/i4D3. The molecule has 0 saturated heterocycles. The topological polar surface area (TPSA) is 106 Å². The summed E-state index contributed by atoms with van der Waals surface area (Å²) >= 11 is 0. The van der Waals surface area contributed by atoms with E-state index in [4.69, 9.17) is 14.6 Å². The number of aromatic amines is 1. The number of nitrogen functional groups attached to an aromatic ring is 1. The highest BCUT2D eigenvalue weighted by Gasteiger charge is 2.23. The number of nitrogens with zero attached hydrogens (tertiary/aromatic N) is 2. The van der Waals surface area contributed by atoms with Crippen molar-refractivity contribution in [1.82, 2.24) is 15.0 Å². The third-order valence-electron chi connectivity index (χ3n) is 4.02. The first-order chi connectivity index (χ1) is 13.4. The number of carbonyl (C=O) groups is 1. The third-order valence-corrected chi connectivity index (χ3v) is 4.02. The fourth-order valence-corrected chi connectivity index (χ4v) is 2.71. The molecule has 0 atom stereocenters. The van der Waals surface area contributed by atoms with Crippen LogP contribution in [0.2, 0.25) is 0 Å². The molecule has 1 amide bonds. The lowest BCUT2D eigenvalue weighted by Crippen LogP contribution is -2.17. The first kappa shape index (κ1) is 14.3. The van der Waals surface area contributed by atoms with E-state index in [0.29, 0.717) is 22.3 Å². The lowest BCUT2D eigenvalue weighted by atomic mass is 9.87. The van der Waals surface area contributed by atoms with E-state index in [1.165, 1.54) is 0 Å². The molecule has 1 aromatic carbocycles. The molecule has 3 aromatic rings. The van der Waals surface area contributed by atoms with Crippen LogP contribution in [0.1, 0.15) is 46.6 Å². The molecule has 3 rings (SSSR count). The highest BCUT2D eigenvalue weighted by molar-refractivity contribution is 6.03. The zero-order valence-electron chi connectivity index (χ0n) is 17.9. The van der Waals surface area contributed by atoms with Gasteiger partial charge in [-0.3, -0.25) is 4.79 Å². The second-order valence-corrected chi connectivity index (χ2v) is 7.05. The molecule has 7 nitrogen and oxygen atoms in total. The molecule has 7 heteroatoms. The first-order valence-corrected chi connectivity index (χ1v) is 8.13. The van der Waals surface area contributed by atoms with Crippen LogP contribution in [0.4, 0.5) is 11.5 Å². The van der Waals surface area contributed by atoms with Crippen molar-refractivity contribution in [3.63, 3.8) is 0 Å². The maximum Gasteiger partial charge on any atom is 0.293 e. The number of nitrogens with one attached hydrogen (secondary N) is 2. The molecule has 2 aromatic heterocycles. The van der Waals surface area contributed by atoms with Crippen molar-refractivity contribution in [2.24, 2.45) is 0 Å². The molecule has 0 aliphatic rings. The van der Waals surface area contributed by atoms with Crippen molar-refractivity contribution >= 4 is 28.4 Å². The molecule has 26 heavy (non-hydrogen) atoms. The van der Waals surface area contributed by atoms with Crippen molar-refractivity contribution in [2.45, 2.75) is 32.8 Å². The van der Waals surface area contributed by atoms with Crippen LogP contribution >= 0.6 is 0 Å². The largest absolute Gasteiger partial charge is 0.383 e. The minimum atomic E-state index is -2.45. The number of ether oxygens (including phenoxy) is 1. The van der Waals surface area contributed by atoms with Crippen LogP contribution in [0.25, 0.3) is 11.0 Å². The minimum Gasteiger partial charge on any atom is -0.383 e. The van der Waals surface area contributed by atoms with E-state index in [-0.39, 0.29) is 23.7 Å². The van der Waals surface area contributed by atoms with E-state index >= 15 is 0 Å². The van der Waals surface area contributed by atoms with Crippen LogP contribution in [0, 0.1) is 0 Å². The zero-order chi connectivity index (χ0) is 21.4. The molecule has 0 fully saturated rings. The van der Waals surface area contributed by atoms with Crippen molar-refractivity contribution in [1.29, 1.82) is 0 Å². The van der Waals surface area contributed by atoms with E-state index in [0.717, 1.165) is 5.56 Å². The summed E-state index contributed by atoms with van der Waals surface area (Å²) in [5.41, 5.74) is 8.62. The van der Waals surface area contributed by atoms with E-state index in [2.05, 4.69) is 41.0 Å². The maximum atomic E-state index is 12.6. The Morgan fingerprint density at radius 1 is 1.31 bits per heavy atom. The van der Waals surface area contributed by atoms with Gasteiger partial charge in [0.05, 0.1) is 16.1 Å². The Balaban J connectivity index is 1.76. The lowest BCUT2D eigenvalue weighted by molar-refractivity contribution is 0.101. The number of fused-ring (bicyclic) bond motifs is 1. The maximum absolute atomic E-state index is 12.6. The number of hydrogen-bond acceptors (Lipinski definition) is 5. The Kier molecular flexibility index (Phi) is 3.71. The van der Waals surface area contributed by atoms with Gasteiger partial charge in [-0.05, 0) is 28.7 Å². The summed E-state index contributed by atoms with van der Waals surface area (Å²) in [7, 11) is -2.45. The second kappa shape index (κ2) is 6.76. The summed E-state index contributed by atoms with van der Waals surface area (Å²) in [6.07, 6.45) is 1.83. The zero-order valence-corrected chi connectivity index (χ0v) is 14.9. The van der Waals surface area contributed by atoms with Gasteiger partial charge in [-0.15, -0.1) is 0 Å². The number of amides is 1. The van der Waals surface area contributed by atoms with Gasteiger partial charge >= 0.3 is 0 Å². The van der Waals surface area contributed by atoms with Gasteiger partial charge in [0, 0.05) is 18.9 Å². The Labute approximate surface area is 156 Å². The third kappa shape index (κ3) is 3.52. The van der Waals surface area contributed by atoms with Crippen LogP contribution in [0.3, 0.4) is 0 Å². The molecule has 4 N–H and O–H groups in total. The Morgan fingerprint density at radius 3 is 2.69 bits per heavy atom. The van der Waals surface area contributed by atoms with Crippen molar-refractivity contribution in [3.8, 4) is 0 Å². The molecule has 0 radical (unpaired) electrons. The van der Waals surface area contributed by atoms with Gasteiger partial charge in [0.15, 0.2) is 0 Å². The van der Waals surface area contributed by atoms with E-state index in [9.17, 15) is 4.79 Å². The van der Waals surface area contributed by atoms with Crippen molar-refractivity contribution in [2.75, 3.05) is 18.1 Å². The molecule has 0 bridgehead atoms. The van der Waals surface area contributed by atoms with Gasteiger partial charge < -0.3 is 20.8 Å². The second-order valence-electron chi connectivity index (χ2n) is 7.05. The Morgan fingerprint density at radius 2 is 2.04 bits per heavy atom. The molecule has 0 aliphatic carbocycles. The molecule has 2 heterocycles. The number of nitrogens with two attached hydrogens (primary N) is 1. The summed E-state index contributed by atoms with van der Waals surface area (Å²) < 4.78 is 25.9. The van der Waals surface area contributed by atoms with E-state index in [1.54, 1.807) is 24.3 Å². The van der Waals surface area contributed by atoms with Crippen molar-refractivity contribution < 1.29 is 13.6 Å². The number of rotatable bonds is 4. The number of benzene rings is 1. The molecule has 0 spiro atoms. The minimum absolute atomic E-state index is 0.0490. The Bertz CT molecular complexity index is 1040. The molecular formula is C19H23N5O2. The number of H-pyrrole nitrogens is 1.